The largest absolute Gasteiger partial charge is 0.480 e. The molecule has 2 heterocycles. The molecule has 22 heavy (non-hydrogen) atoms. The first kappa shape index (κ1) is 16.0. The minimum Gasteiger partial charge on any atom is -0.480 e. The third-order valence-electron chi connectivity index (χ3n) is 2.68. The number of rotatable bonds is 7. The van der Waals surface area contributed by atoms with E-state index >= 15 is 0 Å². The molecule has 2 N–H and O–H groups in total. The maximum Gasteiger partial charge on any atom is 0.325 e. The van der Waals surface area contributed by atoms with Crippen molar-refractivity contribution in [3.63, 3.8) is 0 Å². The molecule has 2 aromatic heterocycles. The van der Waals surface area contributed by atoms with Crippen molar-refractivity contribution in [2.45, 2.75) is 13.0 Å². The lowest BCUT2D eigenvalue weighted by Gasteiger charge is -2.03. The lowest BCUT2D eigenvalue weighted by Crippen LogP contribution is -2.25. The van der Waals surface area contributed by atoms with Gasteiger partial charge in [-0.15, -0.1) is 0 Å². The predicted octanol–water partition coefficient (Wildman–Crippen LogP) is -0.484. The summed E-state index contributed by atoms with van der Waals surface area (Å²) in [7, 11) is -3.31. The Balaban J connectivity index is 2.22. The van der Waals surface area contributed by atoms with Crippen molar-refractivity contribution in [3.05, 3.63) is 30.4 Å². The molecule has 0 radical (unpaired) electrons. The quantitative estimate of drug-likeness (QED) is 0.703. The van der Waals surface area contributed by atoms with Crippen molar-refractivity contribution < 1.29 is 18.3 Å². The summed E-state index contributed by atoms with van der Waals surface area (Å²) >= 11 is 0. The molecule has 0 aromatic carbocycles. The average Bonchev–Trinajstić information content (AvgIpc) is 2.81. The van der Waals surface area contributed by atoms with Crippen LogP contribution in [-0.2, 0) is 27.8 Å². The summed E-state index contributed by atoms with van der Waals surface area (Å²) in [6.07, 6.45) is 4.45. The standard InChI is InChI=1S/C12H15N5O4S/c1-22(20,21)14-7-4-10-15-12(9-2-5-13-6-3-9)16-17(10)8-11(18)19/h2-3,5-6,14H,4,7-8H2,1H3,(H,18,19). The van der Waals surface area contributed by atoms with Gasteiger partial charge in [-0.3, -0.25) is 9.78 Å². The Morgan fingerprint density at radius 2 is 2.05 bits per heavy atom. The summed E-state index contributed by atoms with van der Waals surface area (Å²) in [5.41, 5.74) is 0.705. The molecule has 0 unspecified atom stereocenters. The molecule has 0 aliphatic heterocycles. The molecule has 0 amide bonds. The second kappa shape index (κ2) is 6.62. The molecule has 9 nitrogen and oxygen atoms in total. The van der Waals surface area contributed by atoms with Crippen LogP contribution in [0.25, 0.3) is 11.4 Å². The number of sulfonamides is 1. The molecule has 2 rings (SSSR count). The number of pyridine rings is 1. The Bertz CT molecular complexity index is 757. The summed E-state index contributed by atoms with van der Waals surface area (Å²) in [4.78, 5) is 19.1. The number of nitrogens with one attached hydrogen (secondary N) is 1. The van der Waals surface area contributed by atoms with Crippen LogP contribution in [0.2, 0.25) is 0 Å². The van der Waals surface area contributed by atoms with Crippen LogP contribution in [-0.4, -0.2) is 52.0 Å². The van der Waals surface area contributed by atoms with Crippen molar-refractivity contribution in [2.75, 3.05) is 12.8 Å². The molecule has 10 heteroatoms. The fourth-order valence-electron chi connectivity index (χ4n) is 1.79. The summed E-state index contributed by atoms with van der Waals surface area (Å²) in [5.74, 6) is -0.285. The lowest BCUT2D eigenvalue weighted by molar-refractivity contribution is -0.137. The summed E-state index contributed by atoms with van der Waals surface area (Å²) in [6, 6.07) is 3.41. The van der Waals surface area contributed by atoms with Crippen LogP contribution in [0.1, 0.15) is 5.82 Å². The smallest absolute Gasteiger partial charge is 0.325 e. The number of nitrogens with zero attached hydrogens (tertiary/aromatic N) is 4. The Labute approximate surface area is 127 Å². The Morgan fingerprint density at radius 3 is 2.64 bits per heavy atom. The highest BCUT2D eigenvalue weighted by atomic mass is 32.2. The zero-order valence-electron chi connectivity index (χ0n) is 11.8. The van der Waals surface area contributed by atoms with Crippen molar-refractivity contribution in [1.29, 1.82) is 0 Å². The van der Waals surface area contributed by atoms with E-state index in [2.05, 4.69) is 19.8 Å². The monoisotopic (exact) mass is 325 g/mol. The van der Waals surface area contributed by atoms with E-state index in [1.54, 1.807) is 24.5 Å². The fourth-order valence-corrected chi connectivity index (χ4v) is 2.26. The van der Waals surface area contributed by atoms with Crippen molar-refractivity contribution in [2.24, 2.45) is 0 Å². The van der Waals surface area contributed by atoms with Crippen LogP contribution in [0.5, 0.6) is 0 Å². The molecule has 0 spiro atoms. The summed E-state index contributed by atoms with van der Waals surface area (Å²) in [6.45, 7) is -0.223. The number of carbonyl (C=O) groups is 1. The van der Waals surface area contributed by atoms with Gasteiger partial charge in [0.1, 0.15) is 12.4 Å². The van der Waals surface area contributed by atoms with Crippen molar-refractivity contribution in [1.82, 2.24) is 24.5 Å². The van der Waals surface area contributed by atoms with Gasteiger partial charge in [-0.1, -0.05) is 0 Å². The van der Waals surface area contributed by atoms with Gasteiger partial charge in [-0.25, -0.2) is 22.8 Å². The first-order chi connectivity index (χ1) is 10.3. The molecule has 118 valence electrons. The van der Waals surface area contributed by atoms with Gasteiger partial charge in [0.25, 0.3) is 0 Å². The topological polar surface area (TPSA) is 127 Å². The molecule has 0 atom stereocenters. The number of carboxylic acid groups (broad SMARTS) is 1. The maximum atomic E-state index is 11.1. The van der Waals surface area contributed by atoms with Crippen LogP contribution in [0, 0.1) is 0 Å². The van der Waals surface area contributed by atoms with E-state index in [1.807, 2.05) is 0 Å². The van der Waals surface area contributed by atoms with Crippen LogP contribution >= 0.6 is 0 Å². The molecule has 0 bridgehead atoms. The third-order valence-corrected chi connectivity index (χ3v) is 3.41. The van der Waals surface area contributed by atoms with E-state index in [0.717, 1.165) is 6.26 Å². The SMILES string of the molecule is CS(=O)(=O)NCCc1nc(-c2ccncc2)nn1CC(=O)O. The molecule has 0 fully saturated rings. The lowest BCUT2D eigenvalue weighted by atomic mass is 10.2. The Hall–Kier alpha value is -2.33. The minimum atomic E-state index is -3.31. The Kier molecular flexibility index (Phi) is 4.83. The number of hydrogen-bond acceptors (Lipinski definition) is 6. The number of carboxylic acids is 1. The van der Waals surface area contributed by atoms with E-state index in [4.69, 9.17) is 5.11 Å². The highest BCUT2D eigenvalue weighted by molar-refractivity contribution is 7.88. The van der Waals surface area contributed by atoms with E-state index in [-0.39, 0.29) is 19.5 Å². The van der Waals surface area contributed by atoms with Crippen molar-refractivity contribution >= 4 is 16.0 Å². The van der Waals surface area contributed by atoms with Crippen LogP contribution in [0.15, 0.2) is 24.5 Å². The van der Waals surface area contributed by atoms with Crippen LogP contribution in [0.3, 0.4) is 0 Å². The van der Waals surface area contributed by atoms with Gasteiger partial charge >= 0.3 is 5.97 Å². The zero-order chi connectivity index (χ0) is 16.2. The molecule has 0 saturated carbocycles. The highest BCUT2D eigenvalue weighted by Crippen LogP contribution is 2.14. The highest BCUT2D eigenvalue weighted by Gasteiger charge is 2.14. The number of hydrogen-bond donors (Lipinski definition) is 2. The van der Waals surface area contributed by atoms with Crippen molar-refractivity contribution in [3.8, 4) is 11.4 Å². The van der Waals surface area contributed by atoms with Gasteiger partial charge < -0.3 is 5.11 Å². The molecular formula is C12H15N5O4S. The van der Waals surface area contributed by atoms with E-state index in [0.29, 0.717) is 17.2 Å². The maximum absolute atomic E-state index is 11.1. The number of aromatic nitrogens is 4. The molecule has 0 saturated heterocycles. The zero-order valence-corrected chi connectivity index (χ0v) is 12.6. The fraction of sp³-hybridized carbons (Fsp3) is 0.333. The predicted molar refractivity (Wildman–Crippen MR) is 77.4 cm³/mol. The van der Waals surface area contributed by atoms with Crippen LogP contribution < -0.4 is 4.72 Å². The average molecular weight is 325 g/mol. The van der Waals surface area contributed by atoms with Gasteiger partial charge in [-0.2, -0.15) is 5.10 Å². The summed E-state index contributed by atoms with van der Waals surface area (Å²) in [5, 5.41) is 13.1. The molecular weight excluding hydrogens is 310 g/mol. The van der Waals surface area contributed by atoms with Gasteiger partial charge in [0.15, 0.2) is 5.82 Å². The van der Waals surface area contributed by atoms with Crippen LogP contribution in [0.4, 0.5) is 0 Å². The van der Waals surface area contributed by atoms with E-state index in [9.17, 15) is 13.2 Å². The second-order valence-corrected chi connectivity index (χ2v) is 6.39. The molecule has 0 aliphatic rings. The first-order valence-electron chi connectivity index (χ1n) is 6.36. The van der Waals surface area contributed by atoms with E-state index in [1.165, 1.54) is 4.68 Å². The van der Waals surface area contributed by atoms with Gasteiger partial charge in [0.05, 0.1) is 6.26 Å². The molecule has 2 aromatic rings. The third kappa shape index (κ3) is 4.60. The van der Waals surface area contributed by atoms with E-state index < -0.39 is 16.0 Å². The Morgan fingerprint density at radius 1 is 1.36 bits per heavy atom. The van der Waals surface area contributed by atoms with Gasteiger partial charge in [0, 0.05) is 30.9 Å². The molecule has 0 aliphatic carbocycles. The first-order valence-corrected chi connectivity index (χ1v) is 8.25. The normalized spacial score (nSPS) is 11.5. The van der Waals surface area contributed by atoms with Gasteiger partial charge in [-0.05, 0) is 12.1 Å². The second-order valence-electron chi connectivity index (χ2n) is 4.56. The number of aliphatic carboxylic acids is 1. The van der Waals surface area contributed by atoms with Gasteiger partial charge in [0.2, 0.25) is 10.0 Å². The minimum absolute atomic E-state index is 0.118. The summed E-state index contributed by atoms with van der Waals surface area (Å²) < 4.78 is 25.7.